The first kappa shape index (κ1) is 30.5. The normalized spacial score (nSPS) is 12.5. The van der Waals surface area contributed by atoms with Crippen LogP contribution in [-0.4, -0.2) is 53.2 Å². The van der Waals surface area contributed by atoms with Gasteiger partial charge in [-0.1, -0.05) is 24.3 Å². The predicted octanol–water partition coefficient (Wildman–Crippen LogP) is 3.92. The van der Waals surface area contributed by atoms with Crippen molar-refractivity contribution in [3.05, 3.63) is 80.9 Å². The van der Waals surface area contributed by atoms with Gasteiger partial charge in [0.15, 0.2) is 11.6 Å². The van der Waals surface area contributed by atoms with Gasteiger partial charge in [0.25, 0.3) is 10.1 Å². The molecule has 13 nitrogen and oxygen atoms in total. The average molecular weight is 621 g/mol. The number of hydrogen-bond acceptors (Lipinski definition) is 12. The van der Waals surface area contributed by atoms with E-state index < -0.39 is 38.3 Å². The topological polar surface area (TPSA) is 201 Å². The zero-order chi connectivity index (χ0) is 32.1. The first-order valence-corrected chi connectivity index (χ1v) is 14.7. The summed E-state index contributed by atoms with van der Waals surface area (Å²) in [4.78, 5) is 38.2. The minimum Gasteiger partial charge on any atom is -0.397 e. The van der Waals surface area contributed by atoms with Crippen LogP contribution < -0.4 is 27.0 Å². The number of nitrogens with zero attached hydrogens (tertiary/aromatic N) is 3. The lowest BCUT2D eigenvalue weighted by Crippen LogP contribution is -2.25. The van der Waals surface area contributed by atoms with E-state index in [0.717, 1.165) is 22.8 Å². The Bertz CT molecular complexity index is 2000. The molecule has 1 heterocycles. The Morgan fingerprint density at radius 1 is 0.841 bits per heavy atom. The molecule has 0 bridgehead atoms. The van der Waals surface area contributed by atoms with Gasteiger partial charge in [0.1, 0.15) is 4.90 Å². The molecular formula is C29H29FN8O5S. The zero-order valence-corrected chi connectivity index (χ0v) is 25.2. The third-order valence-electron chi connectivity index (χ3n) is 7.63. The van der Waals surface area contributed by atoms with E-state index in [-0.39, 0.29) is 46.5 Å². The van der Waals surface area contributed by atoms with E-state index in [2.05, 4.69) is 36.2 Å². The Morgan fingerprint density at radius 3 is 2.00 bits per heavy atom. The number of halogens is 1. The number of anilines is 6. The maximum absolute atomic E-state index is 14.3. The highest BCUT2D eigenvalue weighted by Crippen LogP contribution is 2.43. The first-order valence-electron chi connectivity index (χ1n) is 13.3. The van der Waals surface area contributed by atoms with Crippen LogP contribution in [0.3, 0.4) is 0 Å². The lowest BCUT2D eigenvalue weighted by atomic mass is 9.82. The van der Waals surface area contributed by atoms with Gasteiger partial charge in [0.2, 0.25) is 11.9 Å². The van der Waals surface area contributed by atoms with Crippen molar-refractivity contribution < 1.29 is 27.0 Å². The number of nitrogen functional groups attached to an aromatic ring is 1. The van der Waals surface area contributed by atoms with Gasteiger partial charge in [-0.3, -0.25) is 14.1 Å². The number of rotatable bonds is 8. The molecule has 0 atom stereocenters. The molecule has 0 saturated carbocycles. The summed E-state index contributed by atoms with van der Waals surface area (Å²) >= 11 is 0. The summed E-state index contributed by atoms with van der Waals surface area (Å²) in [6.07, 6.45) is -1.01. The Hall–Kier alpha value is -4.99. The molecule has 0 radical (unpaired) electrons. The molecule has 7 N–H and O–H groups in total. The van der Waals surface area contributed by atoms with Crippen molar-refractivity contribution in [3.63, 3.8) is 0 Å². The molecule has 0 saturated heterocycles. The second-order valence-electron chi connectivity index (χ2n) is 10.2. The van der Waals surface area contributed by atoms with Gasteiger partial charge in [-0.15, -0.1) is 0 Å². The highest BCUT2D eigenvalue weighted by molar-refractivity contribution is 7.86. The summed E-state index contributed by atoms with van der Waals surface area (Å²) < 4.78 is 49.0. The molecule has 15 heteroatoms. The smallest absolute Gasteiger partial charge is 0.315 e. The molecule has 0 amide bonds. The largest absolute Gasteiger partial charge is 0.397 e. The quantitative estimate of drug-likeness (QED) is 0.0829. The van der Waals surface area contributed by atoms with Crippen LogP contribution in [0.4, 0.5) is 39.0 Å². The average Bonchev–Trinajstić information content (AvgIpc) is 2.97. The van der Waals surface area contributed by atoms with Crippen molar-refractivity contribution in [1.29, 1.82) is 0 Å². The highest BCUT2D eigenvalue weighted by Gasteiger charge is 2.36. The van der Waals surface area contributed by atoms with Gasteiger partial charge in [-0.2, -0.15) is 27.8 Å². The number of benzene rings is 3. The van der Waals surface area contributed by atoms with E-state index in [1.807, 2.05) is 20.8 Å². The van der Waals surface area contributed by atoms with Gasteiger partial charge in [-0.25, -0.2) is 0 Å². The molecule has 3 aromatic carbocycles. The number of nitrogens with one attached hydrogen (secondary N) is 4. The monoisotopic (exact) mass is 620 g/mol. The summed E-state index contributed by atoms with van der Waals surface area (Å²) in [6, 6.07) is 7.16. The van der Waals surface area contributed by atoms with Crippen LogP contribution in [-0.2, 0) is 10.1 Å². The third kappa shape index (κ3) is 5.21. The summed E-state index contributed by atoms with van der Waals surface area (Å²) in [6.45, 7) is 7.54. The lowest BCUT2D eigenvalue weighted by molar-refractivity contribution is 0.0980. The number of hydrogen-bond donors (Lipinski definition) is 6. The van der Waals surface area contributed by atoms with E-state index in [9.17, 15) is 27.0 Å². The molecule has 0 aliphatic heterocycles. The molecule has 0 spiro atoms. The van der Waals surface area contributed by atoms with Gasteiger partial charge < -0.3 is 27.0 Å². The fourth-order valence-electron chi connectivity index (χ4n) is 5.22. The first-order chi connectivity index (χ1) is 20.7. The number of carbonyl (C=O) groups is 2. The summed E-state index contributed by atoms with van der Waals surface area (Å²) in [5.41, 5.74) is 9.12. The summed E-state index contributed by atoms with van der Waals surface area (Å²) in [7, 11) is -3.21. The third-order valence-corrected chi connectivity index (χ3v) is 8.52. The van der Waals surface area contributed by atoms with Crippen molar-refractivity contribution in [1.82, 2.24) is 20.3 Å². The van der Waals surface area contributed by atoms with E-state index in [1.165, 1.54) is 12.1 Å². The fourth-order valence-corrected chi connectivity index (χ4v) is 5.87. The SMILES string of the molecule is CNCNc1nc(F)nc(Nc2c(C)c(C)c(C)c(Nc3cc(S(=O)(=O)O)c(N)c4c3C(=O)c3ccccc3C4=O)c2C)n1. The van der Waals surface area contributed by atoms with Crippen molar-refractivity contribution in [2.24, 2.45) is 0 Å². The van der Waals surface area contributed by atoms with Crippen molar-refractivity contribution >= 4 is 56.3 Å². The second-order valence-corrected chi connectivity index (χ2v) is 11.6. The van der Waals surface area contributed by atoms with E-state index in [0.29, 0.717) is 16.9 Å². The number of nitrogens with two attached hydrogens (primary N) is 1. The molecule has 1 aromatic heterocycles. The lowest BCUT2D eigenvalue weighted by Gasteiger charge is -2.26. The summed E-state index contributed by atoms with van der Waals surface area (Å²) in [5, 5.41) is 11.9. The van der Waals surface area contributed by atoms with Crippen molar-refractivity contribution in [3.8, 4) is 0 Å². The van der Waals surface area contributed by atoms with E-state index >= 15 is 0 Å². The van der Waals surface area contributed by atoms with Crippen LogP contribution in [0.2, 0.25) is 0 Å². The van der Waals surface area contributed by atoms with Crippen LogP contribution in [0, 0.1) is 33.8 Å². The molecule has 44 heavy (non-hydrogen) atoms. The van der Waals surface area contributed by atoms with Crippen LogP contribution in [0.15, 0.2) is 35.2 Å². The number of fused-ring (bicyclic) bond motifs is 2. The Morgan fingerprint density at radius 2 is 1.41 bits per heavy atom. The van der Waals surface area contributed by atoms with Crippen LogP contribution in [0.1, 0.15) is 54.1 Å². The molecule has 228 valence electrons. The standard InChI is InChI=1S/C29H29FN8O5S/c1-12-13(2)23(15(4)24(14(12)3)35-29-37-27(30)36-28(38-29)33-11-32-5)34-18-10-19(44(41,42)43)22(31)21-20(18)25(39)16-8-6-7-9-17(16)26(21)40/h6-10,32,34H,11,31H2,1-5H3,(H,41,42,43)(H2,33,35,36,37,38). The van der Waals surface area contributed by atoms with E-state index in [1.54, 1.807) is 26.1 Å². The summed E-state index contributed by atoms with van der Waals surface area (Å²) in [5.74, 6) is -1.28. The van der Waals surface area contributed by atoms with Gasteiger partial charge >= 0.3 is 6.08 Å². The minimum absolute atomic E-state index is 0.00143. The molecule has 0 fully saturated rings. The van der Waals surface area contributed by atoms with Crippen molar-refractivity contribution in [2.75, 3.05) is 35.4 Å². The Labute approximate surface area is 252 Å². The molecule has 1 aliphatic rings. The van der Waals surface area contributed by atoms with Gasteiger partial charge in [-0.05, 0) is 63.1 Å². The Balaban J connectivity index is 1.69. The maximum Gasteiger partial charge on any atom is 0.315 e. The molecule has 1 aliphatic carbocycles. The fraction of sp³-hybridized carbons (Fsp3) is 0.207. The van der Waals surface area contributed by atoms with E-state index in [4.69, 9.17) is 5.73 Å². The second kappa shape index (κ2) is 11.3. The molecular weight excluding hydrogens is 591 g/mol. The Kier molecular flexibility index (Phi) is 7.79. The maximum atomic E-state index is 14.3. The molecule has 5 rings (SSSR count). The van der Waals surface area contributed by atoms with Gasteiger partial charge in [0, 0.05) is 22.5 Å². The van der Waals surface area contributed by atoms with Crippen LogP contribution in [0.5, 0.6) is 0 Å². The van der Waals surface area contributed by atoms with Crippen molar-refractivity contribution in [2.45, 2.75) is 32.6 Å². The molecule has 0 unspecified atom stereocenters. The van der Waals surface area contributed by atoms with Gasteiger partial charge in [0.05, 0.1) is 29.2 Å². The number of aromatic nitrogens is 3. The number of ketones is 2. The van der Waals surface area contributed by atoms with Crippen LogP contribution in [0.25, 0.3) is 0 Å². The number of carbonyl (C=O) groups excluding carboxylic acids is 2. The predicted molar refractivity (Wildman–Crippen MR) is 163 cm³/mol. The molecule has 4 aromatic rings. The van der Waals surface area contributed by atoms with Crippen LogP contribution >= 0.6 is 0 Å². The minimum atomic E-state index is -4.91. The highest BCUT2D eigenvalue weighted by atomic mass is 32.2. The zero-order valence-electron chi connectivity index (χ0n) is 24.4.